The monoisotopic (exact) mass is 355 g/mol. The molecule has 25 heavy (non-hydrogen) atoms. The largest absolute Gasteiger partial charge is 0.497 e. The van der Waals surface area contributed by atoms with Gasteiger partial charge in [0.2, 0.25) is 0 Å². The lowest BCUT2D eigenvalue weighted by Crippen LogP contribution is -2.17. The number of esters is 1. The van der Waals surface area contributed by atoms with E-state index in [9.17, 15) is 14.4 Å². The van der Waals surface area contributed by atoms with E-state index in [1.54, 1.807) is 61.7 Å². The van der Waals surface area contributed by atoms with Gasteiger partial charge in [0.25, 0.3) is 11.1 Å². The minimum Gasteiger partial charge on any atom is -0.497 e. The molecule has 1 fully saturated rings. The molecule has 0 saturated carbocycles. The first kappa shape index (κ1) is 16.8. The average molecular weight is 355 g/mol. The second kappa shape index (κ2) is 7.23. The molecule has 1 heterocycles. The molecule has 2 aromatic carbocycles. The molecule has 0 radical (unpaired) electrons. The molecule has 6 nitrogen and oxygen atoms in total. The lowest BCUT2D eigenvalue weighted by Gasteiger charge is -2.05. The van der Waals surface area contributed by atoms with Crippen molar-refractivity contribution < 1.29 is 23.9 Å². The Balaban J connectivity index is 1.68. The summed E-state index contributed by atoms with van der Waals surface area (Å²) in [6, 6.07) is 13.2. The quantitative estimate of drug-likeness (QED) is 0.515. The minimum absolute atomic E-state index is 0.327. The molecule has 0 spiro atoms. The Morgan fingerprint density at radius 2 is 1.64 bits per heavy atom. The smallest absolute Gasteiger partial charge is 0.343 e. The molecule has 1 saturated heterocycles. The van der Waals surface area contributed by atoms with Crippen LogP contribution in [0.2, 0.25) is 0 Å². The molecule has 7 heteroatoms. The van der Waals surface area contributed by atoms with Gasteiger partial charge in [-0.15, -0.1) is 0 Å². The fraction of sp³-hybridized carbons (Fsp3) is 0.0556. The van der Waals surface area contributed by atoms with Crippen LogP contribution < -0.4 is 14.8 Å². The average Bonchev–Trinajstić information content (AvgIpc) is 2.94. The van der Waals surface area contributed by atoms with Gasteiger partial charge >= 0.3 is 5.97 Å². The van der Waals surface area contributed by atoms with Crippen LogP contribution in [0.4, 0.5) is 4.79 Å². The van der Waals surface area contributed by atoms with E-state index in [0.717, 1.165) is 17.3 Å². The summed E-state index contributed by atoms with van der Waals surface area (Å²) in [5, 5.41) is 1.80. The van der Waals surface area contributed by atoms with Crippen LogP contribution in [0.1, 0.15) is 15.9 Å². The van der Waals surface area contributed by atoms with E-state index in [2.05, 4.69) is 5.32 Å². The summed E-state index contributed by atoms with van der Waals surface area (Å²) < 4.78 is 10.3. The van der Waals surface area contributed by atoms with Gasteiger partial charge in [-0.3, -0.25) is 14.9 Å². The summed E-state index contributed by atoms with van der Waals surface area (Å²) in [5.41, 5.74) is 1.13. The van der Waals surface area contributed by atoms with Crippen molar-refractivity contribution in [1.82, 2.24) is 5.32 Å². The number of ether oxygens (including phenoxy) is 2. The van der Waals surface area contributed by atoms with Crippen molar-refractivity contribution in [3.63, 3.8) is 0 Å². The fourth-order valence-electron chi connectivity index (χ4n) is 2.10. The van der Waals surface area contributed by atoms with Crippen molar-refractivity contribution in [3.05, 3.63) is 64.6 Å². The van der Waals surface area contributed by atoms with Crippen molar-refractivity contribution in [2.24, 2.45) is 0 Å². The molecule has 126 valence electrons. The normalized spacial score (nSPS) is 15.2. The Bertz CT molecular complexity index is 856. The molecular formula is C18H13NO5S. The second-order valence-corrected chi connectivity index (χ2v) is 6.05. The van der Waals surface area contributed by atoms with E-state index < -0.39 is 11.9 Å². The molecule has 0 aromatic heterocycles. The number of rotatable bonds is 4. The summed E-state index contributed by atoms with van der Waals surface area (Å²) in [5.74, 6) is 0.138. The molecular weight excluding hydrogens is 342 g/mol. The number of thioether (sulfide) groups is 1. The van der Waals surface area contributed by atoms with Gasteiger partial charge in [-0.05, 0) is 59.8 Å². The topological polar surface area (TPSA) is 81.7 Å². The van der Waals surface area contributed by atoms with Gasteiger partial charge in [0.15, 0.2) is 0 Å². The number of hydrogen-bond donors (Lipinski definition) is 1. The van der Waals surface area contributed by atoms with Crippen molar-refractivity contribution >= 4 is 35.0 Å². The van der Waals surface area contributed by atoms with E-state index in [1.165, 1.54) is 0 Å². The van der Waals surface area contributed by atoms with Gasteiger partial charge in [0.05, 0.1) is 17.6 Å². The van der Waals surface area contributed by atoms with E-state index in [0.29, 0.717) is 22.0 Å². The standard InChI is InChI=1S/C18H13NO5S/c1-23-13-8-4-12(5-9-13)17(21)24-14-6-2-11(3-7-14)10-15-16(20)19-18(22)25-15/h2-10H,1H3,(H,19,20,22)/b15-10-. The lowest BCUT2D eigenvalue weighted by atomic mass is 10.2. The minimum atomic E-state index is -0.481. The first-order valence-corrected chi connectivity index (χ1v) is 8.08. The predicted molar refractivity (Wildman–Crippen MR) is 93.5 cm³/mol. The Hall–Kier alpha value is -3.06. The molecule has 0 atom stereocenters. The van der Waals surface area contributed by atoms with Crippen LogP contribution in [0.25, 0.3) is 6.08 Å². The maximum Gasteiger partial charge on any atom is 0.343 e. The molecule has 1 aliphatic heterocycles. The second-order valence-electron chi connectivity index (χ2n) is 5.04. The van der Waals surface area contributed by atoms with E-state index in [1.807, 2.05) is 0 Å². The Morgan fingerprint density at radius 3 is 2.20 bits per heavy atom. The van der Waals surface area contributed by atoms with Crippen LogP contribution in [0, 0.1) is 0 Å². The molecule has 1 N–H and O–H groups in total. The molecule has 0 unspecified atom stereocenters. The van der Waals surface area contributed by atoms with Crippen molar-refractivity contribution in [2.75, 3.05) is 7.11 Å². The summed E-state index contributed by atoms with van der Waals surface area (Å²) in [4.78, 5) is 35.0. The molecule has 0 bridgehead atoms. The maximum atomic E-state index is 12.1. The Kier molecular flexibility index (Phi) is 4.85. The van der Waals surface area contributed by atoms with Crippen LogP contribution in [0.15, 0.2) is 53.4 Å². The van der Waals surface area contributed by atoms with Gasteiger partial charge < -0.3 is 9.47 Å². The number of carbonyl (C=O) groups excluding carboxylic acids is 3. The summed E-state index contributed by atoms with van der Waals surface area (Å²) in [6.07, 6.45) is 1.60. The molecule has 2 aromatic rings. The van der Waals surface area contributed by atoms with Gasteiger partial charge in [-0.25, -0.2) is 4.79 Å². The Labute approximate surface area is 147 Å². The molecule has 0 aliphatic carbocycles. The highest BCUT2D eigenvalue weighted by atomic mass is 32.2. The van der Waals surface area contributed by atoms with Crippen LogP contribution in [0.3, 0.4) is 0 Å². The van der Waals surface area contributed by atoms with Crippen molar-refractivity contribution in [2.45, 2.75) is 0 Å². The third kappa shape index (κ3) is 4.07. The van der Waals surface area contributed by atoms with Crippen molar-refractivity contribution in [1.29, 1.82) is 0 Å². The number of hydrogen-bond acceptors (Lipinski definition) is 6. The molecule has 1 aliphatic rings. The zero-order chi connectivity index (χ0) is 17.8. The van der Waals surface area contributed by atoms with Gasteiger partial charge in [-0.2, -0.15) is 0 Å². The zero-order valence-electron chi connectivity index (χ0n) is 13.1. The SMILES string of the molecule is COc1ccc(C(=O)Oc2ccc(/C=C3\SC(=O)NC3=O)cc2)cc1. The van der Waals surface area contributed by atoms with Crippen LogP contribution >= 0.6 is 11.8 Å². The summed E-state index contributed by atoms with van der Waals surface area (Å²) in [6.45, 7) is 0. The number of nitrogens with one attached hydrogen (secondary N) is 1. The first-order chi connectivity index (χ1) is 12.0. The highest BCUT2D eigenvalue weighted by Gasteiger charge is 2.24. The highest BCUT2D eigenvalue weighted by Crippen LogP contribution is 2.26. The predicted octanol–water partition coefficient (Wildman–Crippen LogP) is 3.24. The number of benzene rings is 2. The van der Waals surface area contributed by atoms with Crippen LogP contribution in [-0.4, -0.2) is 24.2 Å². The molecule has 3 rings (SSSR count). The van der Waals surface area contributed by atoms with Crippen molar-refractivity contribution in [3.8, 4) is 11.5 Å². The van der Waals surface area contributed by atoms with E-state index in [-0.39, 0.29) is 5.24 Å². The molecule has 2 amide bonds. The van der Waals surface area contributed by atoms with E-state index >= 15 is 0 Å². The number of imide groups is 1. The third-order valence-corrected chi connectivity index (χ3v) is 4.17. The van der Waals surface area contributed by atoms with Crippen LogP contribution in [0.5, 0.6) is 11.5 Å². The fourth-order valence-corrected chi connectivity index (χ4v) is 2.78. The third-order valence-electron chi connectivity index (χ3n) is 3.36. The lowest BCUT2D eigenvalue weighted by molar-refractivity contribution is -0.115. The number of carbonyl (C=O) groups is 3. The Morgan fingerprint density at radius 1 is 1.00 bits per heavy atom. The van der Waals surface area contributed by atoms with Crippen LogP contribution in [-0.2, 0) is 4.79 Å². The highest BCUT2D eigenvalue weighted by molar-refractivity contribution is 8.18. The first-order valence-electron chi connectivity index (χ1n) is 7.26. The van der Waals surface area contributed by atoms with E-state index in [4.69, 9.17) is 9.47 Å². The maximum absolute atomic E-state index is 12.1. The summed E-state index contributed by atoms with van der Waals surface area (Å²) >= 11 is 0.850. The number of amides is 2. The van der Waals surface area contributed by atoms with Gasteiger partial charge in [0.1, 0.15) is 11.5 Å². The number of methoxy groups -OCH3 is 1. The zero-order valence-corrected chi connectivity index (χ0v) is 14.0. The van der Waals surface area contributed by atoms with Gasteiger partial charge in [0, 0.05) is 0 Å². The van der Waals surface area contributed by atoms with Gasteiger partial charge in [-0.1, -0.05) is 12.1 Å². The summed E-state index contributed by atoms with van der Waals surface area (Å²) in [7, 11) is 1.55.